The van der Waals surface area contributed by atoms with Crippen molar-refractivity contribution in [2.24, 2.45) is 5.92 Å². The number of ether oxygens (including phenoxy) is 2. The van der Waals surface area contributed by atoms with Crippen LogP contribution in [0.5, 0.6) is 0 Å². The number of nitrogens with one attached hydrogen (secondary N) is 2. The Bertz CT molecular complexity index is 1080. The van der Waals surface area contributed by atoms with Crippen LogP contribution in [0.2, 0.25) is 0 Å². The molecule has 0 saturated carbocycles. The molecule has 2 atom stereocenters. The van der Waals surface area contributed by atoms with Crippen molar-refractivity contribution in [3.05, 3.63) is 71.4 Å². The molecule has 0 amide bonds. The number of H-pyrrole nitrogens is 1. The molecule has 2 unspecified atom stereocenters. The molecule has 142 valence electrons. The molecule has 0 bridgehead atoms. The van der Waals surface area contributed by atoms with Crippen molar-refractivity contribution in [2.45, 2.75) is 6.04 Å². The monoisotopic (exact) mass is 376 g/mol. The molecular weight excluding hydrogens is 356 g/mol. The number of para-hydroxylation sites is 2. The van der Waals surface area contributed by atoms with Gasteiger partial charge in [-0.1, -0.05) is 36.4 Å². The maximum Gasteiger partial charge on any atom is 0.334 e. The highest BCUT2D eigenvalue weighted by Crippen LogP contribution is 2.40. The number of carbonyl (C=O) groups is 2. The SMILES string of the molecule is COC(=O)C1=Cc2ccccc2NC(c2c[nH]c3ccccc23)C1C(=O)OC. The molecule has 0 spiro atoms. The number of aromatic amines is 1. The molecule has 0 aliphatic carbocycles. The first kappa shape index (κ1) is 17.9. The first-order chi connectivity index (χ1) is 13.6. The van der Waals surface area contributed by atoms with Gasteiger partial charge in [0.1, 0.15) is 5.92 Å². The lowest BCUT2D eigenvalue weighted by atomic mass is 9.86. The van der Waals surface area contributed by atoms with Gasteiger partial charge in [-0.25, -0.2) is 4.79 Å². The summed E-state index contributed by atoms with van der Waals surface area (Å²) in [4.78, 5) is 28.7. The number of rotatable bonds is 3. The average Bonchev–Trinajstić information content (AvgIpc) is 3.08. The third-order valence-electron chi connectivity index (χ3n) is 5.08. The van der Waals surface area contributed by atoms with E-state index in [1.54, 1.807) is 6.08 Å². The highest BCUT2D eigenvalue weighted by molar-refractivity contribution is 6.02. The molecule has 1 aromatic heterocycles. The van der Waals surface area contributed by atoms with E-state index in [1.807, 2.05) is 54.7 Å². The van der Waals surface area contributed by atoms with Crippen molar-refractivity contribution in [2.75, 3.05) is 19.5 Å². The zero-order chi connectivity index (χ0) is 19.7. The molecule has 0 saturated heterocycles. The molecular formula is C22H20N2O4. The topological polar surface area (TPSA) is 80.4 Å². The number of anilines is 1. The molecule has 4 rings (SSSR count). The summed E-state index contributed by atoms with van der Waals surface area (Å²) in [6.45, 7) is 0. The van der Waals surface area contributed by atoms with E-state index in [0.717, 1.165) is 27.7 Å². The zero-order valence-corrected chi connectivity index (χ0v) is 15.6. The number of methoxy groups -OCH3 is 2. The minimum atomic E-state index is -0.871. The van der Waals surface area contributed by atoms with Crippen molar-refractivity contribution in [1.82, 2.24) is 4.98 Å². The van der Waals surface area contributed by atoms with Crippen LogP contribution >= 0.6 is 0 Å². The van der Waals surface area contributed by atoms with E-state index in [2.05, 4.69) is 10.3 Å². The van der Waals surface area contributed by atoms with Crippen LogP contribution in [0.1, 0.15) is 17.2 Å². The minimum Gasteiger partial charge on any atom is -0.468 e. The van der Waals surface area contributed by atoms with Crippen molar-refractivity contribution >= 4 is 34.6 Å². The molecule has 6 nitrogen and oxygen atoms in total. The van der Waals surface area contributed by atoms with Crippen LogP contribution in [-0.2, 0) is 19.1 Å². The van der Waals surface area contributed by atoms with Crippen molar-refractivity contribution < 1.29 is 19.1 Å². The van der Waals surface area contributed by atoms with Gasteiger partial charge in [0.05, 0.1) is 25.8 Å². The average molecular weight is 376 g/mol. The Morgan fingerprint density at radius 1 is 0.964 bits per heavy atom. The third-order valence-corrected chi connectivity index (χ3v) is 5.08. The van der Waals surface area contributed by atoms with Crippen LogP contribution in [0.25, 0.3) is 17.0 Å². The summed E-state index contributed by atoms with van der Waals surface area (Å²) >= 11 is 0. The Hall–Kier alpha value is -3.54. The van der Waals surface area contributed by atoms with E-state index in [-0.39, 0.29) is 5.57 Å². The highest BCUT2D eigenvalue weighted by atomic mass is 16.5. The lowest BCUT2D eigenvalue weighted by Crippen LogP contribution is -2.32. The van der Waals surface area contributed by atoms with Crippen molar-refractivity contribution in [1.29, 1.82) is 0 Å². The number of hydrogen-bond acceptors (Lipinski definition) is 5. The van der Waals surface area contributed by atoms with Gasteiger partial charge in [0, 0.05) is 28.4 Å². The Kier molecular flexibility index (Phi) is 4.61. The number of benzene rings is 2. The van der Waals surface area contributed by atoms with Crippen LogP contribution in [0.4, 0.5) is 5.69 Å². The summed E-state index contributed by atoms with van der Waals surface area (Å²) in [5, 5.41) is 4.42. The molecule has 2 heterocycles. The molecule has 28 heavy (non-hydrogen) atoms. The predicted molar refractivity (Wildman–Crippen MR) is 107 cm³/mol. The minimum absolute atomic E-state index is 0.252. The normalized spacial score (nSPS) is 18.4. The second-order valence-electron chi connectivity index (χ2n) is 6.59. The van der Waals surface area contributed by atoms with Crippen LogP contribution < -0.4 is 5.32 Å². The van der Waals surface area contributed by atoms with Crippen LogP contribution in [0.3, 0.4) is 0 Å². The summed E-state index contributed by atoms with van der Waals surface area (Å²) in [5.41, 5.74) is 3.70. The summed E-state index contributed by atoms with van der Waals surface area (Å²) < 4.78 is 10.1. The Morgan fingerprint density at radius 2 is 1.71 bits per heavy atom. The van der Waals surface area contributed by atoms with Gasteiger partial charge in [-0.05, 0) is 23.8 Å². The second-order valence-corrected chi connectivity index (χ2v) is 6.59. The number of carbonyl (C=O) groups excluding carboxylic acids is 2. The Labute approximate surface area is 162 Å². The molecule has 3 aromatic rings. The molecule has 6 heteroatoms. The molecule has 1 aliphatic heterocycles. The smallest absolute Gasteiger partial charge is 0.334 e. The largest absolute Gasteiger partial charge is 0.468 e. The number of esters is 2. The van der Waals surface area contributed by atoms with E-state index in [0.29, 0.717) is 0 Å². The maximum atomic E-state index is 12.8. The summed E-state index contributed by atoms with van der Waals surface area (Å²) in [6, 6.07) is 14.9. The zero-order valence-electron chi connectivity index (χ0n) is 15.6. The van der Waals surface area contributed by atoms with Crippen LogP contribution in [-0.4, -0.2) is 31.1 Å². The molecule has 1 aliphatic rings. The fraction of sp³-hybridized carbons (Fsp3) is 0.182. The lowest BCUT2D eigenvalue weighted by molar-refractivity contribution is -0.147. The van der Waals surface area contributed by atoms with E-state index >= 15 is 0 Å². The molecule has 0 radical (unpaired) electrons. The molecule has 0 fully saturated rings. The lowest BCUT2D eigenvalue weighted by Gasteiger charge is -2.26. The standard InChI is InChI=1S/C22H20N2O4/c1-27-21(25)15-11-13-7-3-5-9-17(13)24-20(19(15)22(26)28-2)16-12-23-18-10-6-4-8-14(16)18/h3-12,19-20,23-24H,1-2H3. The van der Waals surface area contributed by atoms with E-state index in [4.69, 9.17) is 9.47 Å². The van der Waals surface area contributed by atoms with Gasteiger partial charge in [-0.15, -0.1) is 0 Å². The molecule has 2 N–H and O–H groups in total. The fourth-order valence-corrected chi connectivity index (χ4v) is 3.74. The number of aromatic nitrogens is 1. The highest BCUT2D eigenvalue weighted by Gasteiger charge is 2.40. The first-order valence-corrected chi connectivity index (χ1v) is 8.93. The van der Waals surface area contributed by atoms with Gasteiger partial charge >= 0.3 is 11.9 Å². The number of hydrogen-bond donors (Lipinski definition) is 2. The van der Waals surface area contributed by atoms with Crippen LogP contribution in [0, 0.1) is 5.92 Å². The Balaban J connectivity index is 1.96. The molecule has 2 aromatic carbocycles. The van der Waals surface area contributed by atoms with Gasteiger partial charge in [0.25, 0.3) is 0 Å². The quantitative estimate of drug-likeness (QED) is 0.682. The predicted octanol–water partition coefficient (Wildman–Crippen LogP) is 3.68. The second kappa shape index (κ2) is 7.23. The summed E-state index contributed by atoms with van der Waals surface area (Å²) in [5.74, 6) is -1.94. The van der Waals surface area contributed by atoms with E-state index in [1.165, 1.54) is 14.2 Å². The van der Waals surface area contributed by atoms with Gasteiger partial charge in [-0.3, -0.25) is 4.79 Å². The van der Waals surface area contributed by atoms with E-state index in [9.17, 15) is 9.59 Å². The fourth-order valence-electron chi connectivity index (χ4n) is 3.74. The van der Waals surface area contributed by atoms with Gasteiger partial charge in [-0.2, -0.15) is 0 Å². The first-order valence-electron chi connectivity index (χ1n) is 8.93. The van der Waals surface area contributed by atoms with Crippen molar-refractivity contribution in [3.8, 4) is 0 Å². The van der Waals surface area contributed by atoms with Crippen molar-refractivity contribution in [3.63, 3.8) is 0 Å². The maximum absolute atomic E-state index is 12.8. The third kappa shape index (κ3) is 2.93. The van der Waals surface area contributed by atoms with Crippen LogP contribution in [0.15, 0.2) is 60.3 Å². The van der Waals surface area contributed by atoms with E-state index < -0.39 is 23.9 Å². The summed E-state index contributed by atoms with van der Waals surface area (Å²) in [7, 11) is 2.63. The Morgan fingerprint density at radius 3 is 2.50 bits per heavy atom. The van der Waals surface area contributed by atoms with Gasteiger partial charge in [0.15, 0.2) is 0 Å². The number of fused-ring (bicyclic) bond motifs is 2. The summed E-state index contributed by atoms with van der Waals surface area (Å²) in [6.07, 6.45) is 3.56. The van der Waals surface area contributed by atoms with Gasteiger partial charge in [0.2, 0.25) is 0 Å². The van der Waals surface area contributed by atoms with Gasteiger partial charge < -0.3 is 19.8 Å².